The molecule has 6 atom stereocenters. The van der Waals surface area contributed by atoms with Crippen molar-refractivity contribution in [3.8, 4) is 0 Å². The molecule has 5 aliphatic carbocycles. The second-order valence-corrected chi connectivity index (χ2v) is 11.5. The molecule has 6 aliphatic rings. The third kappa shape index (κ3) is 2.83. The number of aliphatic hydroxyl groups is 1. The molecule has 0 aromatic carbocycles. The fourth-order valence-corrected chi connectivity index (χ4v) is 7.54. The number of carbonyl (C=O) groups is 1. The summed E-state index contributed by atoms with van der Waals surface area (Å²) in [5, 5.41) is 14.9. The van der Waals surface area contributed by atoms with Crippen LogP contribution in [0.25, 0.3) is 4.85 Å². The Morgan fingerprint density at radius 2 is 1.85 bits per heavy atom. The van der Waals surface area contributed by atoms with Gasteiger partial charge in [0.2, 0.25) is 5.91 Å². The molecule has 0 spiro atoms. The first-order valence-electron chi connectivity index (χ1n) is 10.8. The van der Waals surface area contributed by atoms with Crippen LogP contribution in [0.2, 0.25) is 0 Å². The Labute approximate surface area is 162 Å². The molecule has 6 unspecified atom stereocenters. The van der Waals surface area contributed by atoms with Gasteiger partial charge in [-0.15, -0.1) is 0 Å². The number of likely N-dealkylation sites (tertiary alicyclic amines) is 1. The van der Waals surface area contributed by atoms with Crippen LogP contribution in [-0.2, 0) is 4.79 Å². The van der Waals surface area contributed by atoms with Gasteiger partial charge in [0.25, 0.3) is 0 Å². The molecule has 27 heavy (non-hydrogen) atoms. The number of rotatable bonds is 3. The van der Waals surface area contributed by atoms with Gasteiger partial charge in [0.15, 0.2) is 0 Å². The molecule has 5 nitrogen and oxygen atoms in total. The van der Waals surface area contributed by atoms with Crippen molar-refractivity contribution in [1.82, 2.24) is 10.2 Å². The zero-order chi connectivity index (χ0) is 19.2. The predicted molar refractivity (Wildman–Crippen MR) is 102 cm³/mol. The van der Waals surface area contributed by atoms with Crippen LogP contribution in [0.1, 0.15) is 72.1 Å². The lowest BCUT2D eigenvalue weighted by molar-refractivity contribution is -0.182. The van der Waals surface area contributed by atoms with Crippen LogP contribution in [-0.4, -0.2) is 45.3 Å². The van der Waals surface area contributed by atoms with Crippen LogP contribution < -0.4 is 5.32 Å². The van der Waals surface area contributed by atoms with Crippen LogP contribution in [0.5, 0.6) is 0 Å². The molecule has 0 aromatic heterocycles. The molecule has 6 rings (SSSR count). The summed E-state index contributed by atoms with van der Waals surface area (Å²) in [6.45, 7) is 13.9. The molecule has 1 heterocycles. The fourth-order valence-electron chi connectivity index (χ4n) is 7.54. The highest BCUT2D eigenvalue weighted by atomic mass is 16.3. The van der Waals surface area contributed by atoms with Crippen molar-refractivity contribution >= 4 is 5.91 Å². The standard InChI is InChI=1S/C22H33N3O2/c1-20(2,3)24-18(19(26)25-16-6-15(16)7-17(25)23-4)21-8-13-5-14(9-21)11-22(27,10-13)12-21/h13-18,24,27H,5-12H2,1-3H3. The third-order valence-electron chi connectivity index (χ3n) is 7.99. The van der Waals surface area contributed by atoms with Crippen LogP contribution in [0.3, 0.4) is 0 Å². The third-order valence-corrected chi connectivity index (χ3v) is 7.99. The van der Waals surface area contributed by atoms with Gasteiger partial charge >= 0.3 is 6.17 Å². The lowest BCUT2D eigenvalue weighted by atomic mass is 9.46. The van der Waals surface area contributed by atoms with Gasteiger partial charge in [0, 0.05) is 18.0 Å². The lowest BCUT2D eigenvalue weighted by Crippen LogP contribution is -2.67. The number of nitrogens with zero attached hydrogens (tertiary/aromatic N) is 2. The van der Waals surface area contributed by atoms with Crippen molar-refractivity contribution < 1.29 is 9.90 Å². The van der Waals surface area contributed by atoms with E-state index in [1.165, 1.54) is 6.42 Å². The SMILES string of the molecule is [C-]#[N+]C1CC2CC2N1C(=O)C(NC(C)(C)C)C12CC3CC(CC(O)(C3)C1)C2. The van der Waals surface area contributed by atoms with E-state index in [0.717, 1.165) is 44.9 Å². The Bertz CT molecular complexity index is 691. The van der Waals surface area contributed by atoms with E-state index in [9.17, 15) is 9.90 Å². The van der Waals surface area contributed by atoms with Gasteiger partial charge in [-0.25, -0.2) is 6.57 Å². The quantitative estimate of drug-likeness (QED) is 0.750. The predicted octanol–water partition coefficient (Wildman–Crippen LogP) is 2.94. The highest BCUT2D eigenvalue weighted by Crippen LogP contribution is 2.63. The molecule has 6 fully saturated rings. The number of hydrogen-bond acceptors (Lipinski definition) is 3. The molecule has 2 N–H and O–H groups in total. The molecular formula is C22H33N3O2. The van der Waals surface area contributed by atoms with E-state index in [1.807, 2.05) is 4.90 Å². The molecule has 148 valence electrons. The summed E-state index contributed by atoms with van der Waals surface area (Å²) >= 11 is 0. The van der Waals surface area contributed by atoms with E-state index >= 15 is 0 Å². The van der Waals surface area contributed by atoms with Crippen molar-refractivity contribution in [3.63, 3.8) is 0 Å². The minimum atomic E-state index is -0.575. The number of nitrogens with one attached hydrogen (secondary N) is 1. The summed E-state index contributed by atoms with van der Waals surface area (Å²) in [4.78, 5) is 19.6. The van der Waals surface area contributed by atoms with Gasteiger partial charge in [-0.05, 0) is 88.9 Å². The first kappa shape index (κ1) is 17.9. The largest absolute Gasteiger partial charge is 0.390 e. The van der Waals surface area contributed by atoms with Crippen LogP contribution in [0.15, 0.2) is 0 Å². The molecule has 1 saturated heterocycles. The molecule has 1 amide bonds. The fraction of sp³-hybridized carbons (Fsp3) is 0.909. The number of hydrogen-bond donors (Lipinski definition) is 2. The minimum Gasteiger partial charge on any atom is -0.390 e. The Morgan fingerprint density at radius 3 is 2.41 bits per heavy atom. The van der Waals surface area contributed by atoms with Gasteiger partial charge in [0.05, 0.1) is 11.6 Å². The number of amides is 1. The van der Waals surface area contributed by atoms with Gasteiger partial charge in [-0.3, -0.25) is 14.5 Å². The molecule has 0 aromatic rings. The second kappa shape index (κ2) is 5.48. The van der Waals surface area contributed by atoms with Gasteiger partial charge in [0.1, 0.15) is 0 Å². The van der Waals surface area contributed by atoms with Crippen molar-refractivity contribution in [3.05, 3.63) is 11.4 Å². The average molecular weight is 372 g/mol. The zero-order valence-corrected chi connectivity index (χ0v) is 16.9. The van der Waals surface area contributed by atoms with Crippen molar-refractivity contribution in [1.29, 1.82) is 0 Å². The monoisotopic (exact) mass is 371 g/mol. The summed E-state index contributed by atoms with van der Waals surface area (Å²) in [6, 6.07) is 0.0105. The van der Waals surface area contributed by atoms with Crippen LogP contribution in [0, 0.1) is 29.7 Å². The molecule has 0 radical (unpaired) electrons. The van der Waals surface area contributed by atoms with Gasteiger partial charge in [-0.2, -0.15) is 0 Å². The van der Waals surface area contributed by atoms with E-state index in [4.69, 9.17) is 6.57 Å². The average Bonchev–Trinajstić information content (AvgIpc) is 3.19. The Balaban J connectivity index is 1.50. The van der Waals surface area contributed by atoms with Gasteiger partial charge < -0.3 is 10.4 Å². The highest BCUT2D eigenvalue weighted by molar-refractivity contribution is 5.84. The van der Waals surface area contributed by atoms with E-state index in [-0.39, 0.29) is 35.1 Å². The highest BCUT2D eigenvalue weighted by Gasteiger charge is 2.64. The zero-order valence-electron chi connectivity index (χ0n) is 16.9. The molecule has 1 aliphatic heterocycles. The number of piperidine rings is 1. The number of carbonyl (C=O) groups excluding carboxylic acids is 1. The Morgan fingerprint density at radius 1 is 1.19 bits per heavy atom. The first-order valence-corrected chi connectivity index (χ1v) is 10.8. The normalized spacial score (nSPS) is 48.3. The Kier molecular flexibility index (Phi) is 3.64. The summed E-state index contributed by atoms with van der Waals surface area (Å²) in [5.74, 6) is 1.79. The molecule has 4 bridgehead atoms. The van der Waals surface area contributed by atoms with E-state index in [2.05, 4.69) is 30.9 Å². The molecular weight excluding hydrogens is 338 g/mol. The van der Waals surface area contributed by atoms with E-state index in [0.29, 0.717) is 17.8 Å². The smallest absolute Gasteiger partial charge is 0.301 e. The molecule has 5 saturated carbocycles. The maximum absolute atomic E-state index is 13.9. The summed E-state index contributed by atoms with van der Waals surface area (Å²) in [5.41, 5.74) is -0.903. The topological polar surface area (TPSA) is 56.9 Å². The minimum absolute atomic E-state index is 0.140. The van der Waals surface area contributed by atoms with Gasteiger partial charge in [-0.1, -0.05) is 0 Å². The van der Waals surface area contributed by atoms with Crippen molar-refractivity contribution in [2.75, 3.05) is 0 Å². The molecule has 5 heteroatoms. The summed E-state index contributed by atoms with van der Waals surface area (Å²) < 4.78 is 0. The second-order valence-electron chi connectivity index (χ2n) is 11.5. The number of fused-ring (bicyclic) bond motifs is 1. The Hall–Kier alpha value is -1.12. The summed E-state index contributed by atoms with van der Waals surface area (Å²) in [6.07, 6.45) is 7.55. The maximum Gasteiger partial charge on any atom is 0.301 e. The maximum atomic E-state index is 13.9. The van der Waals surface area contributed by atoms with Crippen molar-refractivity contribution in [2.24, 2.45) is 23.2 Å². The lowest BCUT2D eigenvalue weighted by Gasteiger charge is -2.62. The van der Waals surface area contributed by atoms with Crippen LogP contribution >= 0.6 is 0 Å². The van der Waals surface area contributed by atoms with Crippen LogP contribution in [0.4, 0.5) is 0 Å². The van der Waals surface area contributed by atoms with E-state index in [1.54, 1.807) is 0 Å². The summed E-state index contributed by atoms with van der Waals surface area (Å²) in [7, 11) is 0. The first-order chi connectivity index (χ1) is 12.6. The van der Waals surface area contributed by atoms with Crippen molar-refractivity contribution in [2.45, 2.75) is 102 Å². The van der Waals surface area contributed by atoms with E-state index < -0.39 is 5.60 Å².